The SMILES string of the molecule is CN(C)CCNS(=O)(=O)c1ccc(O)c(N)c1. The highest BCUT2D eigenvalue weighted by molar-refractivity contribution is 7.89. The summed E-state index contributed by atoms with van der Waals surface area (Å²) in [6.45, 7) is 0.920. The summed E-state index contributed by atoms with van der Waals surface area (Å²) in [5.74, 6) is -0.128. The van der Waals surface area contributed by atoms with Gasteiger partial charge in [0, 0.05) is 13.1 Å². The van der Waals surface area contributed by atoms with Gasteiger partial charge in [0.2, 0.25) is 10.0 Å². The molecule has 0 atom stereocenters. The van der Waals surface area contributed by atoms with Crippen LogP contribution in [-0.2, 0) is 10.0 Å². The molecule has 96 valence electrons. The van der Waals surface area contributed by atoms with Crippen LogP contribution < -0.4 is 10.5 Å². The number of likely N-dealkylation sites (N-methyl/N-ethyl adjacent to an activating group) is 1. The Labute approximate surface area is 101 Å². The fourth-order valence-electron chi connectivity index (χ4n) is 1.19. The van der Waals surface area contributed by atoms with Crippen molar-refractivity contribution in [2.75, 3.05) is 32.9 Å². The topological polar surface area (TPSA) is 95.7 Å². The summed E-state index contributed by atoms with van der Waals surface area (Å²) in [5, 5.41) is 9.21. The molecule has 1 aromatic rings. The molecule has 0 aliphatic rings. The molecule has 0 saturated carbocycles. The molecule has 0 spiro atoms. The summed E-state index contributed by atoms with van der Waals surface area (Å²) in [5.41, 5.74) is 5.49. The van der Waals surface area contributed by atoms with E-state index in [9.17, 15) is 13.5 Å². The van der Waals surface area contributed by atoms with Crippen LogP contribution in [0.2, 0.25) is 0 Å². The number of phenols is 1. The minimum atomic E-state index is -3.56. The molecule has 0 heterocycles. The number of anilines is 1. The highest BCUT2D eigenvalue weighted by atomic mass is 32.2. The fourth-order valence-corrected chi connectivity index (χ4v) is 2.24. The van der Waals surface area contributed by atoms with Crippen molar-refractivity contribution in [1.82, 2.24) is 9.62 Å². The molecule has 4 N–H and O–H groups in total. The molecular formula is C10H17N3O3S. The van der Waals surface area contributed by atoms with Crippen LogP contribution in [0.15, 0.2) is 23.1 Å². The highest BCUT2D eigenvalue weighted by Crippen LogP contribution is 2.22. The van der Waals surface area contributed by atoms with Gasteiger partial charge >= 0.3 is 0 Å². The van der Waals surface area contributed by atoms with Crippen molar-refractivity contribution in [1.29, 1.82) is 0 Å². The summed E-state index contributed by atoms with van der Waals surface area (Å²) in [6, 6.07) is 3.80. The summed E-state index contributed by atoms with van der Waals surface area (Å²) in [7, 11) is 0.145. The monoisotopic (exact) mass is 259 g/mol. The van der Waals surface area contributed by atoms with Crippen LogP contribution in [0.4, 0.5) is 5.69 Å². The Hall–Kier alpha value is -1.31. The number of phenolic OH excluding ortho intramolecular Hbond substituents is 1. The lowest BCUT2D eigenvalue weighted by molar-refractivity contribution is 0.412. The number of nitrogens with one attached hydrogen (secondary N) is 1. The molecule has 0 aliphatic heterocycles. The average molecular weight is 259 g/mol. The van der Waals surface area contributed by atoms with Gasteiger partial charge in [0.15, 0.2) is 0 Å². The molecule has 7 heteroatoms. The first-order valence-corrected chi connectivity index (χ1v) is 6.54. The molecule has 6 nitrogen and oxygen atoms in total. The Morgan fingerprint density at radius 2 is 2.06 bits per heavy atom. The van der Waals surface area contributed by atoms with Gasteiger partial charge in [-0.2, -0.15) is 0 Å². The number of nitrogens with two attached hydrogens (primary N) is 1. The molecule has 0 fully saturated rings. The summed E-state index contributed by atoms with van der Waals surface area (Å²) >= 11 is 0. The molecule has 0 amide bonds. The van der Waals surface area contributed by atoms with Gasteiger partial charge in [-0.15, -0.1) is 0 Å². The lowest BCUT2D eigenvalue weighted by Gasteiger charge is -2.11. The van der Waals surface area contributed by atoms with E-state index in [1.165, 1.54) is 18.2 Å². The normalized spacial score (nSPS) is 11.9. The van der Waals surface area contributed by atoms with E-state index < -0.39 is 10.0 Å². The third-order valence-corrected chi connectivity index (χ3v) is 3.62. The van der Waals surface area contributed by atoms with E-state index in [1.807, 2.05) is 19.0 Å². The molecule has 0 bridgehead atoms. The van der Waals surface area contributed by atoms with Crippen molar-refractivity contribution in [2.24, 2.45) is 0 Å². The van der Waals surface area contributed by atoms with E-state index in [4.69, 9.17) is 5.73 Å². The molecule has 0 unspecified atom stereocenters. The smallest absolute Gasteiger partial charge is 0.240 e. The van der Waals surface area contributed by atoms with Gasteiger partial charge in [-0.05, 0) is 32.3 Å². The molecule has 0 aliphatic carbocycles. The second kappa shape index (κ2) is 5.35. The number of rotatable bonds is 5. The second-order valence-electron chi connectivity index (χ2n) is 3.92. The van der Waals surface area contributed by atoms with E-state index in [2.05, 4.69) is 4.72 Å². The van der Waals surface area contributed by atoms with Crippen molar-refractivity contribution in [3.8, 4) is 5.75 Å². The Balaban J connectivity index is 2.79. The van der Waals surface area contributed by atoms with Gasteiger partial charge in [-0.1, -0.05) is 0 Å². The lowest BCUT2D eigenvalue weighted by Crippen LogP contribution is -2.31. The Morgan fingerprint density at radius 1 is 1.41 bits per heavy atom. The molecule has 17 heavy (non-hydrogen) atoms. The van der Waals surface area contributed by atoms with Crippen LogP contribution in [-0.4, -0.2) is 45.6 Å². The third kappa shape index (κ3) is 3.88. The van der Waals surface area contributed by atoms with Gasteiger partial charge in [-0.25, -0.2) is 13.1 Å². The van der Waals surface area contributed by atoms with E-state index in [1.54, 1.807) is 0 Å². The number of nitrogens with zero attached hydrogens (tertiary/aromatic N) is 1. The number of hydrogen-bond donors (Lipinski definition) is 3. The average Bonchev–Trinajstić information content (AvgIpc) is 2.21. The molecule has 0 radical (unpaired) electrons. The lowest BCUT2D eigenvalue weighted by atomic mass is 10.3. The van der Waals surface area contributed by atoms with Crippen molar-refractivity contribution in [3.05, 3.63) is 18.2 Å². The zero-order valence-electron chi connectivity index (χ0n) is 9.84. The number of benzene rings is 1. The zero-order chi connectivity index (χ0) is 13.1. The van der Waals surface area contributed by atoms with E-state index in [0.717, 1.165) is 0 Å². The van der Waals surface area contributed by atoms with Gasteiger partial charge < -0.3 is 15.7 Å². The van der Waals surface area contributed by atoms with Crippen LogP contribution >= 0.6 is 0 Å². The van der Waals surface area contributed by atoms with Crippen molar-refractivity contribution in [3.63, 3.8) is 0 Å². The van der Waals surface area contributed by atoms with E-state index in [0.29, 0.717) is 13.1 Å². The predicted octanol–water partition coefficient (Wildman–Crippen LogP) is -0.186. The summed E-state index contributed by atoms with van der Waals surface area (Å²) in [4.78, 5) is 1.92. The number of hydrogen-bond acceptors (Lipinski definition) is 5. The highest BCUT2D eigenvalue weighted by Gasteiger charge is 2.14. The largest absolute Gasteiger partial charge is 0.506 e. The van der Waals surface area contributed by atoms with Crippen molar-refractivity contribution < 1.29 is 13.5 Å². The fraction of sp³-hybridized carbons (Fsp3) is 0.400. The standard InChI is InChI=1S/C10H17N3O3S/c1-13(2)6-5-12-17(15,16)8-3-4-10(14)9(11)7-8/h3-4,7,12,14H,5-6,11H2,1-2H3. The summed E-state index contributed by atoms with van der Waals surface area (Å²) in [6.07, 6.45) is 0. The maximum atomic E-state index is 11.8. The molecular weight excluding hydrogens is 242 g/mol. The van der Waals surface area contributed by atoms with Crippen LogP contribution in [0.1, 0.15) is 0 Å². The maximum absolute atomic E-state index is 11.8. The Morgan fingerprint density at radius 3 is 2.59 bits per heavy atom. The molecule has 1 aromatic carbocycles. The molecule has 0 saturated heterocycles. The van der Waals surface area contributed by atoms with Gasteiger partial charge in [0.25, 0.3) is 0 Å². The first-order chi connectivity index (χ1) is 7.83. The maximum Gasteiger partial charge on any atom is 0.240 e. The van der Waals surface area contributed by atoms with Crippen LogP contribution in [0.3, 0.4) is 0 Å². The summed E-state index contributed by atoms with van der Waals surface area (Å²) < 4.78 is 26.1. The molecule has 0 aromatic heterocycles. The van der Waals surface area contributed by atoms with E-state index in [-0.39, 0.29) is 16.3 Å². The van der Waals surface area contributed by atoms with Crippen molar-refractivity contribution >= 4 is 15.7 Å². The minimum Gasteiger partial charge on any atom is -0.506 e. The zero-order valence-corrected chi connectivity index (χ0v) is 10.7. The number of sulfonamides is 1. The van der Waals surface area contributed by atoms with Gasteiger partial charge in [0.05, 0.1) is 10.6 Å². The van der Waals surface area contributed by atoms with Crippen LogP contribution in [0, 0.1) is 0 Å². The molecule has 1 rings (SSSR count). The van der Waals surface area contributed by atoms with Gasteiger partial charge in [0.1, 0.15) is 5.75 Å². The van der Waals surface area contributed by atoms with Crippen molar-refractivity contribution in [2.45, 2.75) is 4.90 Å². The first-order valence-electron chi connectivity index (χ1n) is 5.06. The van der Waals surface area contributed by atoms with E-state index >= 15 is 0 Å². The quantitative estimate of drug-likeness (QED) is 0.503. The van der Waals surface area contributed by atoms with Gasteiger partial charge in [-0.3, -0.25) is 0 Å². The second-order valence-corrected chi connectivity index (χ2v) is 5.69. The number of aromatic hydroxyl groups is 1. The number of nitrogen functional groups attached to an aromatic ring is 1. The first kappa shape index (κ1) is 13.8. The Kier molecular flexibility index (Phi) is 4.33. The minimum absolute atomic E-state index is 0.0421. The third-order valence-electron chi connectivity index (χ3n) is 2.16. The Bertz CT molecular complexity index is 486. The van der Waals surface area contributed by atoms with Crippen LogP contribution in [0.5, 0.6) is 5.75 Å². The van der Waals surface area contributed by atoms with Crippen LogP contribution in [0.25, 0.3) is 0 Å². The predicted molar refractivity (Wildman–Crippen MR) is 66.3 cm³/mol.